The standard InChI is InChI=1S/C16H21FN6O3S/c17-6-9-22-12-13(10-19-22)20-16(24)21-15-5-4-14(11-18-15)27(25,26)23-7-2-1-3-8-23/h4-5,10-12H,1-3,6-9H2,(H2,18,20,21,24). The van der Waals surface area contributed by atoms with Crippen molar-refractivity contribution in [3.05, 3.63) is 30.7 Å². The Bertz CT molecular complexity index is 878. The fraction of sp³-hybridized carbons (Fsp3) is 0.438. The van der Waals surface area contributed by atoms with E-state index >= 15 is 0 Å². The van der Waals surface area contributed by atoms with Crippen LogP contribution in [0.3, 0.4) is 0 Å². The van der Waals surface area contributed by atoms with Gasteiger partial charge in [-0.1, -0.05) is 6.42 Å². The molecule has 27 heavy (non-hydrogen) atoms. The van der Waals surface area contributed by atoms with Gasteiger partial charge in [0.15, 0.2) is 0 Å². The van der Waals surface area contributed by atoms with Gasteiger partial charge in [0.1, 0.15) is 17.4 Å². The van der Waals surface area contributed by atoms with E-state index in [4.69, 9.17) is 0 Å². The third-order valence-corrected chi connectivity index (χ3v) is 6.02. The molecule has 1 saturated heterocycles. The van der Waals surface area contributed by atoms with E-state index in [2.05, 4.69) is 20.7 Å². The molecule has 9 nitrogen and oxygen atoms in total. The number of carbonyl (C=O) groups is 1. The smallest absolute Gasteiger partial charge is 0.305 e. The predicted molar refractivity (Wildman–Crippen MR) is 97.7 cm³/mol. The lowest BCUT2D eigenvalue weighted by Crippen LogP contribution is -2.35. The quantitative estimate of drug-likeness (QED) is 0.777. The summed E-state index contributed by atoms with van der Waals surface area (Å²) in [5.74, 6) is 0.209. The van der Waals surface area contributed by atoms with Crippen molar-refractivity contribution in [3.63, 3.8) is 0 Å². The van der Waals surface area contributed by atoms with Crippen molar-refractivity contribution in [2.24, 2.45) is 0 Å². The number of halogens is 1. The number of pyridine rings is 1. The molecule has 1 aliphatic rings. The maximum absolute atomic E-state index is 12.6. The summed E-state index contributed by atoms with van der Waals surface area (Å²) in [7, 11) is -3.56. The van der Waals surface area contributed by atoms with Crippen LogP contribution < -0.4 is 10.6 Å². The first-order valence-electron chi connectivity index (χ1n) is 8.62. The summed E-state index contributed by atoms with van der Waals surface area (Å²) < 4.78 is 40.2. The molecule has 0 radical (unpaired) electrons. The van der Waals surface area contributed by atoms with E-state index in [0.717, 1.165) is 19.3 Å². The molecule has 11 heteroatoms. The lowest BCUT2D eigenvalue weighted by molar-refractivity contribution is 0.262. The number of urea groups is 1. The largest absolute Gasteiger partial charge is 0.324 e. The molecule has 0 aliphatic carbocycles. The van der Waals surface area contributed by atoms with Crippen molar-refractivity contribution in [3.8, 4) is 0 Å². The number of alkyl halides is 1. The zero-order chi connectivity index (χ0) is 19.3. The van der Waals surface area contributed by atoms with Crippen LogP contribution in [0.4, 0.5) is 20.7 Å². The number of nitrogens with one attached hydrogen (secondary N) is 2. The molecule has 2 N–H and O–H groups in total. The molecule has 3 heterocycles. The molecule has 0 bridgehead atoms. The number of aromatic nitrogens is 3. The van der Waals surface area contributed by atoms with Crippen LogP contribution in [0.5, 0.6) is 0 Å². The number of anilines is 2. The van der Waals surface area contributed by atoms with E-state index in [1.165, 1.54) is 39.7 Å². The Morgan fingerprint density at radius 3 is 2.59 bits per heavy atom. The molecule has 0 atom stereocenters. The Hall–Kier alpha value is -2.53. The molecule has 3 rings (SSSR count). The van der Waals surface area contributed by atoms with Gasteiger partial charge in [0.25, 0.3) is 0 Å². The van der Waals surface area contributed by atoms with Gasteiger partial charge in [-0.2, -0.15) is 9.40 Å². The van der Waals surface area contributed by atoms with Crippen LogP contribution >= 0.6 is 0 Å². The van der Waals surface area contributed by atoms with Crippen LogP contribution in [0.15, 0.2) is 35.6 Å². The Morgan fingerprint density at radius 2 is 1.93 bits per heavy atom. The van der Waals surface area contributed by atoms with E-state index in [1.807, 2.05) is 0 Å². The number of hydrogen-bond donors (Lipinski definition) is 2. The molecule has 0 aromatic carbocycles. The van der Waals surface area contributed by atoms with Crippen LogP contribution in [0.2, 0.25) is 0 Å². The number of hydrogen-bond acceptors (Lipinski definition) is 5. The second kappa shape index (κ2) is 8.44. The Balaban J connectivity index is 1.60. The monoisotopic (exact) mass is 396 g/mol. The highest BCUT2D eigenvalue weighted by atomic mass is 32.2. The van der Waals surface area contributed by atoms with Crippen molar-refractivity contribution in [1.29, 1.82) is 0 Å². The molecular formula is C16H21FN6O3S. The van der Waals surface area contributed by atoms with E-state index in [1.54, 1.807) is 0 Å². The molecule has 2 aromatic rings. The molecule has 2 aromatic heterocycles. The zero-order valence-corrected chi connectivity index (χ0v) is 15.5. The van der Waals surface area contributed by atoms with E-state index in [-0.39, 0.29) is 17.3 Å². The molecule has 2 amide bonds. The van der Waals surface area contributed by atoms with Crippen LogP contribution in [-0.4, -0.2) is 53.3 Å². The minimum absolute atomic E-state index is 0.0999. The molecule has 1 fully saturated rings. The van der Waals surface area contributed by atoms with Crippen molar-refractivity contribution in [1.82, 2.24) is 19.1 Å². The van der Waals surface area contributed by atoms with Crippen molar-refractivity contribution < 1.29 is 17.6 Å². The first-order valence-corrected chi connectivity index (χ1v) is 10.1. The topological polar surface area (TPSA) is 109 Å². The van der Waals surface area contributed by atoms with Crippen molar-refractivity contribution in [2.45, 2.75) is 30.7 Å². The Kier molecular flexibility index (Phi) is 6.01. The van der Waals surface area contributed by atoms with Gasteiger partial charge in [0, 0.05) is 25.5 Å². The second-order valence-corrected chi connectivity index (χ2v) is 8.04. The predicted octanol–water partition coefficient (Wildman–Crippen LogP) is 2.07. The summed E-state index contributed by atoms with van der Waals surface area (Å²) in [5.41, 5.74) is 0.408. The summed E-state index contributed by atoms with van der Waals surface area (Å²) in [6, 6.07) is 2.29. The summed E-state index contributed by atoms with van der Waals surface area (Å²) in [4.78, 5) is 16.1. The van der Waals surface area contributed by atoms with E-state index in [9.17, 15) is 17.6 Å². The van der Waals surface area contributed by atoms with Crippen molar-refractivity contribution >= 4 is 27.6 Å². The lowest BCUT2D eigenvalue weighted by Gasteiger charge is -2.25. The van der Waals surface area contributed by atoms with Gasteiger partial charge >= 0.3 is 6.03 Å². The average Bonchev–Trinajstić information content (AvgIpc) is 3.10. The number of sulfonamides is 1. The third kappa shape index (κ3) is 4.80. The Morgan fingerprint density at radius 1 is 1.15 bits per heavy atom. The zero-order valence-electron chi connectivity index (χ0n) is 14.6. The van der Waals surface area contributed by atoms with E-state index < -0.39 is 22.7 Å². The number of nitrogens with zero attached hydrogens (tertiary/aromatic N) is 4. The summed E-state index contributed by atoms with van der Waals surface area (Å²) in [6.07, 6.45) is 6.88. The number of aryl methyl sites for hydroxylation is 1. The molecule has 1 aliphatic heterocycles. The first kappa shape index (κ1) is 19.2. The van der Waals surface area contributed by atoms with Crippen molar-refractivity contribution in [2.75, 3.05) is 30.4 Å². The number of piperidine rings is 1. The first-order chi connectivity index (χ1) is 13.0. The van der Waals surface area contributed by atoms with Gasteiger partial charge in [-0.25, -0.2) is 22.6 Å². The maximum Gasteiger partial charge on any atom is 0.324 e. The second-order valence-electron chi connectivity index (χ2n) is 6.10. The molecule has 0 saturated carbocycles. The normalized spacial score (nSPS) is 15.4. The highest BCUT2D eigenvalue weighted by molar-refractivity contribution is 7.89. The number of rotatable bonds is 6. The summed E-state index contributed by atoms with van der Waals surface area (Å²) in [6.45, 7) is 0.587. The van der Waals surface area contributed by atoms with Gasteiger partial charge in [-0.05, 0) is 25.0 Å². The SMILES string of the molecule is O=C(Nc1cnn(CCF)c1)Nc1ccc(S(=O)(=O)N2CCCCC2)cn1. The van der Waals surface area contributed by atoms with Gasteiger partial charge in [-0.15, -0.1) is 0 Å². The maximum atomic E-state index is 12.6. The Labute approximate surface area is 156 Å². The highest BCUT2D eigenvalue weighted by Crippen LogP contribution is 2.20. The summed E-state index contributed by atoms with van der Waals surface area (Å²) in [5, 5.41) is 8.95. The van der Waals surface area contributed by atoms with Gasteiger partial charge < -0.3 is 5.32 Å². The molecule has 0 spiro atoms. The molecular weight excluding hydrogens is 375 g/mol. The van der Waals surface area contributed by atoms with Crippen LogP contribution in [-0.2, 0) is 16.6 Å². The minimum Gasteiger partial charge on any atom is -0.305 e. The third-order valence-electron chi connectivity index (χ3n) is 4.14. The fourth-order valence-electron chi connectivity index (χ4n) is 2.78. The lowest BCUT2D eigenvalue weighted by atomic mass is 10.2. The minimum atomic E-state index is -3.56. The highest BCUT2D eigenvalue weighted by Gasteiger charge is 2.26. The van der Waals surface area contributed by atoms with Gasteiger partial charge in [0.2, 0.25) is 10.0 Å². The fourth-order valence-corrected chi connectivity index (χ4v) is 4.24. The summed E-state index contributed by atoms with van der Waals surface area (Å²) >= 11 is 0. The van der Waals surface area contributed by atoms with Gasteiger partial charge in [0.05, 0.1) is 18.4 Å². The van der Waals surface area contributed by atoms with Crippen LogP contribution in [0.25, 0.3) is 0 Å². The van der Waals surface area contributed by atoms with Crippen LogP contribution in [0.1, 0.15) is 19.3 Å². The van der Waals surface area contributed by atoms with Gasteiger partial charge in [-0.3, -0.25) is 10.00 Å². The average molecular weight is 396 g/mol. The number of carbonyl (C=O) groups excluding carboxylic acids is 1. The van der Waals surface area contributed by atoms with Crippen LogP contribution in [0, 0.1) is 0 Å². The molecule has 0 unspecified atom stereocenters. The van der Waals surface area contributed by atoms with E-state index in [0.29, 0.717) is 18.8 Å². The number of amides is 2. The molecule has 146 valence electrons.